The van der Waals surface area contributed by atoms with Crippen LogP contribution in [0.5, 0.6) is 11.5 Å². The first-order valence-corrected chi connectivity index (χ1v) is 13.4. The summed E-state index contributed by atoms with van der Waals surface area (Å²) in [6, 6.07) is 20.0. The van der Waals surface area contributed by atoms with Gasteiger partial charge in [-0.2, -0.15) is 0 Å². The first-order valence-electron chi connectivity index (χ1n) is 12.6. The van der Waals surface area contributed by atoms with Gasteiger partial charge in [0, 0.05) is 33.8 Å². The summed E-state index contributed by atoms with van der Waals surface area (Å²) in [5, 5.41) is 5.81. The molecule has 0 radical (unpaired) electrons. The number of nitrogens with zero attached hydrogens (tertiary/aromatic N) is 1. The summed E-state index contributed by atoms with van der Waals surface area (Å²) in [6.45, 7) is 3.04. The monoisotopic (exact) mass is 534 g/mol. The molecule has 38 heavy (non-hydrogen) atoms. The van der Waals surface area contributed by atoms with Gasteiger partial charge in [0.15, 0.2) is 5.58 Å². The van der Waals surface area contributed by atoms with Gasteiger partial charge >= 0.3 is 0 Å². The third-order valence-electron chi connectivity index (χ3n) is 6.30. The average molecular weight is 535 g/mol. The molecule has 1 saturated heterocycles. The minimum absolute atomic E-state index is 0.0462. The standard InChI is InChI=1S/C29H27FN2O5S/c1-2-9-21-22(26-23-12-3-4-14-25(23)37-32-26)13-8-15-24(21)36-17-6-5-16-35-20-11-7-10-19(18-20)29(30)27(33)38-28(34)31-29/h3-4,7-8,10-15,18H,2,5-6,9,16-17H2,1H3,(H,31,34). The van der Waals surface area contributed by atoms with Crippen molar-refractivity contribution in [3.63, 3.8) is 0 Å². The van der Waals surface area contributed by atoms with Crippen LogP contribution in [0, 0.1) is 0 Å². The van der Waals surface area contributed by atoms with Gasteiger partial charge in [0.25, 0.3) is 16.1 Å². The predicted molar refractivity (Wildman–Crippen MR) is 144 cm³/mol. The zero-order valence-corrected chi connectivity index (χ0v) is 21.7. The number of thioether (sulfide) groups is 1. The maximum absolute atomic E-state index is 15.0. The van der Waals surface area contributed by atoms with Crippen LogP contribution >= 0.6 is 11.8 Å². The highest BCUT2D eigenvalue weighted by Gasteiger charge is 2.49. The zero-order valence-electron chi connectivity index (χ0n) is 20.9. The largest absolute Gasteiger partial charge is 0.494 e. The second-order valence-corrected chi connectivity index (χ2v) is 9.90. The van der Waals surface area contributed by atoms with E-state index in [0.29, 0.717) is 37.1 Å². The number of benzene rings is 3. The number of hydrogen-bond donors (Lipinski definition) is 1. The van der Waals surface area contributed by atoms with Crippen molar-refractivity contribution < 1.29 is 28.0 Å². The summed E-state index contributed by atoms with van der Waals surface area (Å²) in [4.78, 5) is 23.4. The van der Waals surface area contributed by atoms with E-state index < -0.39 is 16.1 Å². The maximum atomic E-state index is 15.0. The van der Waals surface area contributed by atoms with Crippen molar-refractivity contribution in [2.45, 2.75) is 38.4 Å². The molecule has 1 fully saturated rings. The van der Waals surface area contributed by atoms with E-state index in [1.54, 1.807) is 12.1 Å². The molecule has 3 aromatic carbocycles. The predicted octanol–water partition coefficient (Wildman–Crippen LogP) is 6.79. The van der Waals surface area contributed by atoms with Crippen molar-refractivity contribution >= 4 is 33.1 Å². The third kappa shape index (κ3) is 5.24. The lowest BCUT2D eigenvalue weighted by Crippen LogP contribution is -2.38. The van der Waals surface area contributed by atoms with Gasteiger partial charge in [0.1, 0.15) is 17.2 Å². The third-order valence-corrected chi connectivity index (χ3v) is 7.06. The number of rotatable bonds is 11. The smallest absolute Gasteiger partial charge is 0.289 e. The fourth-order valence-corrected chi connectivity index (χ4v) is 5.12. The van der Waals surface area contributed by atoms with Crippen LogP contribution < -0.4 is 14.8 Å². The van der Waals surface area contributed by atoms with E-state index in [1.165, 1.54) is 12.1 Å². The number of halogens is 1. The Kier molecular flexibility index (Phi) is 7.64. The Morgan fingerprint density at radius 3 is 2.58 bits per heavy atom. The van der Waals surface area contributed by atoms with E-state index in [4.69, 9.17) is 14.0 Å². The Morgan fingerprint density at radius 2 is 1.79 bits per heavy atom. The lowest BCUT2D eigenvalue weighted by molar-refractivity contribution is -0.122. The molecule has 196 valence electrons. The van der Waals surface area contributed by atoms with Crippen LogP contribution in [0.1, 0.15) is 37.3 Å². The van der Waals surface area contributed by atoms with Crippen molar-refractivity contribution in [3.8, 4) is 22.8 Å². The SMILES string of the molecule is CCCc1c(OCCCCOc2cccc(C3(F)NC(=O)SC3=O)c2)cccc1-c1noc2ccccc12. The van der Waals surface area contributed by atoms with Gasteiger partial charge in [-0.3, -0.25) is 9.59 Å². The Bertz CT molecular complexity index is 1470. The second kappa shape index (κ2) is 11.3. The minimum Gasteiger partial charge on any atom is -0.494 e. The molecular weight excluding hydrogens is 507 g/mol. The van der Waals surface area contributed by atoms with Gasteiger partial charge < -0.3 is 19.3 Å². The molecule has 0 bridgehead atoms. The summed E-state index contributed by atoms with van der Waals surface area (Å²) < 4.78 is 32.5. The highest BCUT2D eigenvalue weighted by Crippen LogP contribution is 2.37. The number of fused-ring (bicyclic) bond motifs is 1. The molecule has 1 unspecified atom stereocenters. The summed E-state index contributed by atoms with van der Waals surface area (Å²) in [5.41, 5.74) is 3.73. The Morgan fingerprint density at radius 1 is 1.00 bits per heavy atom. The van der Waals surface area contributed by atoms with Gasteiger partial charge in [0.2, 0.25) is 0 Å². The molecule has 1 atom stereocenters. The van der Waals surface area contributed by atoms with Gasteiger partial charge in [-0.05, 0) is 49.6 Å². The van der Waals surface area contributed by atoms with Gasteiger partial charge in [0.05, 0.1) is 13.2 Å². The summed E-state index contributed by atoms with van der Waals surface area (Å²) in [5.74, 6) is -1.27. The molecule has 0 aliphatic carbocycles. The Labute approximate surface area is 223 Å². The molecule has 2 heterocycles. The van der Waals surface area contributed by atoms with Crippen molar-refractivity contribution in [2.24, 2.45) is 0 Å². The molecule has 0 spiro atoms. The van der Waals surface area contributed by atoms with Crippen LogP contribution in [0.4, 0.5) is 9.18 Å². The molecule has 1 aliphatic heterocycles. The van der Waals surface area contributed by atoms with Gasteiger partial charge in [-0.1, -0.05) is 54.9 Å². The van der Waals surface area contributed by atoms with Crippen LogP contribution in [0.2, 0.25) is 0 Å². The molecule has 4 aromatic rings. The van der Waals surface area contributed by atoms with E-state index in [2.05, 4.69) is 23.5 Å². The van der Waals surface area contributed by atoms with E-state index in [9.17, 15) is 9.59 Å². The van der Waals surface area contributed by atoms with Crippen LogP contribution in [0.15, 0.2) is 71.3 Å². The van der Waals surface area contributed by atoms with Crippen LogP contribution in [-0.4, -0.2) is 28.7 Å². The summed E-state index contributed by atoms with van der Waals surface area (Å²) >= 11 is 0.331. The number of alkyl halides is 1. The topological polar surface area (TPSA) is 90.7 Å². The van der Waals surface area contributed by atoms with Gasteiger partial charge in [-0.15, -0.1) is 0 Å². The molecule has 9 heteroatoms. The molecule has 5 rings (SSSR count). The zero-order chi connectivity index (χ0) is 26.5. The van der Waals surface area contributed by atoms with E-state index in [-0.39, 0.29) is 5.56 Å². The fraction of sp³-hybridized carbons (Fsp3) is 0.276. The highest BCUT2D eigenvalue weighted by molar-refractivity contribution is 8.26. The van der Waals surface area contributed by atoms with Gasteiger partial charge in [-0.25, -0.2) is 4.39 Å². The first-order chi connectivity index (χ1) is 18.5. The normalized spacial score (nSPS) is 17.1. The minimum atomic E-state index is -2.53. The average Bonchev–Trinajstić information content (AvgIpc) is 3.47. The Hall–Kier alpha value is -3.85. The Balaban J connectivity index is 1.17. The molecule has 1 aromatic heterocycles. The lowest BCUT2D eigenvalue weighted by atomic mass is 9.97. The molecule has 1 aliphatic rings. The van der Waals surface area contributed by atoms with Crippen molar-refractivity contribution in [1.82, 2.24) is 10.5 Å². The van der Waals surface area contributed by atoms with Crippen LogP contribution in [0.25, 0.3) is 22.2 Å². The number of para-hydroxylation sites is 1. The van der Waals surface area contributed by atoms with E-state index in [0.717, 1.165) is 52.8 Å². The number of aromatic nitrogens is 1. The summed E-state index contributed by atoms with van der Waals surface area (Å²) in [7, 11) is 0. The second-order valence-electron chi connectivity index (χ2n) is 8.95. The van der Waals surface area contributed by atoms with Crippen molar-refractivity contribution in [3.05, 3.63) is 77.9 Å². The molecular formula is C29H27FN2O5S. The van der Waals surface area contributed by atoms with E-state index in [1.807, 2.05) is 36.4 Å². The quantitative estimate of drug-likeness (QED) is 0.167. The first kappa shape index (κ1) is 25.8. The lowest BCUT2D eigenvalue weighted by Gasteiger charge is -2.18. The number of hydrogen-bond acceptors (Lipinski definition) is 7. The number of carbonyl (C=O) groups excluding carboxylic acids is 2. The molecule has 1 amide bonds. The van der Waals surface area contributed by atoms with Crippen molar-refractivity contribution in [1.29, 1.82) is 0 Å². The number of carbonyl (C=O) groups is 2. The molecule has 0 saturated carbocycles. The van der Waals surface area contributed by atoms with Crippen molar-refractivity contribution in [2.75, 3.05) is 13.2 Å². The number of nitrogens with one attached hydrogen (secondary N) is 1. The number of unbranched alkanes of at least 4 members (excludes halogenated alkanes) is 1. The highest BCUT2D eigenvalue weighted by atomic mass is 32.2. The molecule has 1 N–H and O–H groups in total. The maximum Gasteiger partial charge on any atom is 0.289 e. The number of amides is 1. The van der Waals surface area contributed by atoms with Crippen LogP contribution in [0.3, 0.4) is 0 Å². The summed E-state index contributed by atoms with van der Waals surface area (Å²) in [6.07, 6.45) is 3.28. The fourth-order valence-electron chi connectivity index (χ4n) is 4.45. The number of ether oxygens (including phenoxy) is 2. The molecule has 7 nitrogen and oxygen atoms in total. The van der Waals surface area contributed by atoms with Crippen LogP contribution in [-0.2, 0) is 17.0 Å². The van der Waals surface area contributed by atoms with E-state index >= 15 is 4.39 Å².